The van der Waals surface area contributed by atoms with Crippen molar-refractivity contribution in [2.75, 3.05) is 0 Å². The van der Waals surface area contributed by atoms with Crippen LogP contribution in [0.3, 0.4) is 0 Å². The van der Waals surface area contributed by atoms with E-state index < -0.39 is 0 Å². The third kappa shape index (κ3) is 1.41. The van der Waals surface area contributed by atoms with Crippen LogP contribution in [0, 0.1) is 0 Å². The molecule has 0 spiro atoms. The second-order valence-corrected chi connectivity index (χ2v) is 3.90. The summed E-state index contributed by atoms with van der Waals surface area (Å²) in [5.74, 6) is 0.634. The van der Waals surface area contributed by atoms with Crippen molar-refractivity contribution in [3.8, 4) is 0 Å². The summed E-state index contributed by atoms with van der Waals surface area (Å²) in [4.78, 5) is 0. The summed E-state index contributed by atoms with van der Waals surface area (Å²) in [6, 6.07) is 6.61. The van der Waals surface area contributed by atoms with Crippen LogP contribution in [0.5, 0.6) is 0 Å². The lowest BCUT2D eigenvalue weighted by molar-refractivity contribution is 0.732. The smallest absolute Gasteiger partial charge is 0.0681 e. The molecule has 2 aromatic rings. The molecular formula is C12H16N2. The van der Waals surface area contributed by atoms with Gasteiger partial charge in [0.1, 0.15) is 0 Å². The Balaban J connectivity index is 2.54. The van der Waals surface area contributed by atoms with Crippen molar-refractivity contribution in [3.63, 3.8) is 0 Å². The molecule has 1 aromatic heterocycles. The van der Waals surface area contributed by atoms with E-state index in [1.165, 1.54) is 22.9 Å². The van der Waals surface area contributed by atoms with E-state index in [9.17, 15) is 0 Å². The van der Waals surface area contributed by atoms with Crippen molar-refractivity contribution in [2.24, 2.45) is 7.05 Å². The van der Waals surface area contributed by atoms with Crippen molar-refractivity contribution in [1.29, 1.82) is 0 Å². The maximum atomic E-state index is 4.24. The normalized spacial score (nSPS) is 13.4. The Bertz CT molecular complexity index is 443. The molecule has 0 aliphatic heterocycles. The van der Waals surface area contributed by atoms with E-state index in [4.69, 9.17) is 0 Å². The quantitative estimate of drug-likeness (QED) is 0.708. The van der Waals surface area contributed by atoms with Gasteiger partial charge in [0.2, 0.25) is 0 Å². The summed E-state index contributed by atoms with van der Waals surface area (Å²) < 4.78 is 1.93. The van der Waals surface area contributed by atoms with Crippen molar-refractivity contribution in [3.05, 3.63) is 30.0 Å². The van der Waals surface area contributed by atoms with Gasteiger partial charge in [0.15, 0.2) is 0 Å². The fourth-order valence-electron chi connectivity index (χ4n) is 1.70. The minimum Gasteiger partial charge on any atom is -0.268 e. The van der Waals surface area contributed by atoms with Gasteiger partial charge >= 0.3 is 0 Å². The second kappa shape index (κ2) is 3.45. The Labute approximate surface area is 84.5 Å². The third-order valence-electron chi connectivity index (χ3n) is 2.95. The summed E-state index contributed by atoms with van der Waals surface area (Å²) in [5, 5.41) is 5.46. The maximum Gasteiger partial charge on any atom is 0.0681 e. The molecule has 14 heavy (non-hydrogen) atoms. The molecule has 0 amide bonds. The molecule has 74 valence electrons. The molecule has 1 atom stereocenters. The first-order chi connectivity index (χ1) is 6.72. The van der Waals surface area contributed by atoms with Gasteiger partial charge in [0, 0.05) is 12.4 Å². The molecule has 0 aliphatic carbocycles. The summed E-state index contributed by atoms with van der Waals surface area (Å²) in [6.45, 7) is 4.48. The zero-order valence-electron chi connectivity index (χ0n) is 8.99. The van der Waals surface area contributed by atoms with E-state index in [-0.39, 0.29) is 0 Å². The zero-order valence-corrected chi connectivity index (χ0v) is 8.99. The molecule has 0 N–H and O–H groups in total. The molecule has 0 saturated heterocycles. The highest BCUT2D eigenvalue weighted by molar-refractivity contribution is 5.79. The lowest BCUT2D eigenvalue weighted by atomic mass is 9.98. The molecule has 1 heterocycles. The third-order valence-corrected chi connectivity index (χ3v) is 2.95. The van der Waals surface area contributed by atoms with Gasteiger partial charge in [-0.2, -0.15) is 5.10 Å². The van der Waals surface area contributed by atoms with Gasteiger partial charge in [-0.25, -0.2) is 0 Å². The lowest BCUT2D eigenvalue weighted by Crippen LogP contribution is -1.93. The van der Waals surface area contributed by atoms with Crippen LogP contribution in [0.1, 0.15) is 31.7 Å². The van der Waals surface area contributed by atoms with E-state index in [1.54, 1.807) is 0 Å². The van der Waals surface area contributed by atoms with Crippen molar-refractivity contribution in [1.82, 2.24) is 9.78 Å². The predicted molar refractivity (Wildman–Crippen MR) is 59.4 cm³/mol. The fraction of sp³-hybridized carbons (Fsp3) is 0.417. The van der Waals surface area contributed by atoms with E-state index in [2.05, 4.69) is 37.1 Å². The number of aromatic nitrogens is 2. The van der Waals surface area contributed by atoms with Crippen LogP contribution >= 0.6 is 0 Å². The van der Waals surface area contributed by atoms with Crippen molar-refractivity contribution >= 4 is 10.9 Å². The molecule has 1 unspecified atom stereocenters. The molecule has 0 bridgehead atoms. The summed E-state index contributed by atoms with van der Waals surface area (Å²) in [6.07, 6.45) is 3.10. The van der Waals surface area contributed by atoms with Crippen LogP contribution in [0.2, 0.25) is 0 Å². The molecule has 2 rings (SSSR count). The van der Waals surface area contributed by atoms with Gasteiger partial charge in [-0.3, -0.25) is 4.68 Å². The molecule has 0 radical (unpaired) electrons. The van der Waals surface area contributed by atoms with Gasteiger partial charge in [-0.1, -0.05) is 26.0 Å². The van der Waals surface area contributed by atoms with E-state index in [0.717, 1.165) is 0 Å². The topological polar surface area (TPSA) is 17.8 Å². The number of hydrogen-bond donors (Lipinski definition) is 0. The Morgan fingerprint density at radius 1 is 1.43 bits per heavy atom. The van der Waals surface area contributed by atoms with Crippen LogP contribution in [0.4, 0.5) is 0 Å². The predicted octanol–water partition coefficient (Wildman–Crippen LogP) is 3.09. The minimum absolute atomic E-state index is 0.634. The van der Waals surface area contributed by atoms with Crippen LogP contribution in [0.15, 0.2) is 24.4 Å². The Morgan fingerprint density at radius 3 is 2.93 bits per heavy atom. The van der Waals surface area contributed by atoms with Crippen LogP contribution in [0.25, 0.3) is 10.9 Å². The monoisotopic (exact) mass is 188 g/mol. The number of nitrogens with zero attached hydrogens (tertiary/aromatic N) is 2. The number of rotatable bonds is 2. The van der Waals surface area contributed by atoms with Gasteiger partial charge in [-0.05, 0) is 24.0 Å². The zero-order chi connectivity index (χ0) is 10.1. The lowest BCUT2D eigenvalue weighted by Gasteiger charge is -2.08. The first-order valence-corrected chi connectivity index (χ1v) is 5.14. The number of aryl methyl sites for hydroxylation is 1. The highest BCUT2D eigenvalue weighted by atomic mass is 15.2. The number of fused-ring (bicyclic) bond motifs is 1. The Hall–Kier alpha value is -1.31. The van der Waals surface area contributed by atoms with Crippen LogP contribution < -0.4 is 0 Å². The first kappa shape index (κ1) is 9.25. The minimum atomic E-state index is 0.634. The number of benzene rings is 1. The molecule has 2 nitrogen and oxygen atoms in total. The largest absolute Gasteiger partial charge is 0.268 e. The van der Waals surface area contributed by atoms with E-state index >= 15 is 0 Å². The van der Waals surface area contributed by atoms with Crippen LogP contribution in [-0.4, -0.2) is 9.78 Å². The average molecular weight is 188 g/mol. The van der Waals surface area contributed by atoms with Crippen molar-refractivity contribution in [2.45, 2.75) is 26.2 Å². The molecule has 0 saturated carbocycles. The van der Waals surface area contributed by atoms with E-state index in [1.807, 2.05) is 17.9 Å². The maximum absolute atomic E-state index is 4.24. The summed E-state index contributed by atoms with van der Waals surface area (Å²) in [7, 11) is 1.99. The van der Waals surface area contributed by atoms with Gasteiger partial charge in [-0.15, -0.1) is 0 Å². The Morgan fingerprint density at radius 2 is 2.21 bits per heavy atom. The summed E-state index contributed by atoms with van der Waals surface area (Å²) in [5.41, 5.74) is 2.63. The Kier molecular flexibility index (Phi) is 2.28. The molecular weight excluding hydrogens is 172 g/mol. The number of hydrogen-bond acceptors (Lipinski definition) is 1. The molecule has 0 fully saturated rings. The van der Waals surface area contributed by atoms with Gasteiger partial charge < -0.3 is 0 Å². The van der Waals surface area contributed by atoms with Crippen molar-refractivity contribution < 1.29 is 0 Å². The fourth-order valence-corrected chi connectivity index (χ4v) is 1.70. The summed E-state index contributed by atoms with van der Waals surface area (Å²) >= 11 is 0. The highest BCUT2D eigenvalue weighted by Gasteiger charge is 2.05. The van der Waals surface area contributed by atoms with Gasteiger partial charge in [0.05, 0.1) is 11.7 Å². The molecule has 0 aliphatic rings. The van der Waals surface area contributed by atoms with Gasteiger partial charge in [0.25, 0.3) is 0 Å². The highest BCUT2D eigenvalue weighted by Crippen LogP contribution is 2.22. The second-order valence-electron chi connectivity index (χ2n) is 3.90. The standard InChI is InChI=1S/C12H16N2/c1-4-9(2)10-5-6-11-8-13-14(3)12(11)7-10/h5-9H,4H2,1-3H3. The van der Waals surface area contributed by atoms with E-state index in [0.29, 0.717) is 5.92 Å². The van der Waals surface area contributed by atoms with Crippen LogP contribution in [-0.2, 0) is 7.05 Å². The molecule has 1 aromatic carbocycles. The SMILES string of the molecule is CCC(C)c1ccc2cnn(C)c2c1. The molecule has 2 heteroatoms. The average Bonchev–Trinajstić information content (AvgIpc) is 2.59. The first-order valence-electron chi connectivity index (χ1n) is 5.14.